The van der Waals surface area contributed by atoms with Crippen LogP contribution in [0.1, 0.15) is 21.4 Å². The van der Waals surface area contributed by atoms with Crippen molar-refractivity contribution in [3.8, 4) is 28.3 Å². The fourth-order valence-corrected chi connectivity index (χ4v) is 5.34. The summed E-state index contributed by atoms with van der Waals surface area (Å²) in [6, 6.07) is 22.1. The van der Waals surface area contributed by atoms with Crippen molar-refractivity contribution >= 4 is 35.2 Å². The summed E-state index contributed by atoms with van der Waals surface area (Å²) in [6.45, 7) is 0. The van der Waals surface area contributed by atoms with Gasteiger partial charge in [0.25, 0.3) is 17.4 Å². The number of carbonyl (C=O) groups is 2. The third kappa shape index (κ3) is 5.47. The lowest BCUT2D eigenvalue weighted by Crippen LogP contribution is -2.45. The van der Waals surface area contributed by atoms with E-state index in [1.54, 1.807) is 74.9 Å². The van der Waals surface area contributed by atoms with Crippen molar-refractivity contribution in [3.63, 3.8) is 0 Å². The number of thioether (sulfide) groups is 1. The van der Waals surface area contributed by atoms with Gasteiger partial charge in [-0.1, -0.05) is 35.9 Å². The molecule has 0 aliphatic carbocycles. The normalized spacial score (nSPS) is 14.8. The van der Waals surface area contributed by atoms with Crippen LogP contribution in [0.15, 0.2) is 83.7 Å². The van der Waals surface area contributed by atoms with Crippen molar-refractivity contribution in [1.82, 2.24) is 20.2 Å². The Balaban J connectivity index is 1.56. The molecule has 1 fully saturated rings. The minimum Gasteiger partial charge on any atom is -0.497 e. The standard InChI is InChI=1S/C28H23ClN4O5S/c1-37-21-11-5-17(6-12-21)23-15-24(34)32(20-9-13-22(38-2)14-10-20)30-26(23)27(36)31-33-25(35)16-39-28(33)18-3-7-19(29)8-4-18/h3-15,28H,16H2,1-2H3,(H,31,36). The molecule has 11 heteroatoms. The molecular formula is C28H23ClN4O5S. The van der Waals surface area contributed by atoms with Crippen LogP contribution in [0.4, 0.5) is 0 Å². The highest BCUT2D eigenvalue weighted by atomic mass is 35.5. The van der Waals surface area contributed by atoms with Gasteiger partial charge in [0.2, 0.25) is 0 Å². The number of halogens is 1. The molecule has 1 saturated heterocycles. The molecule has 5 rings (SSSR count). The Morgan fingerprint density at radius 2 is 1.56 bits per heavy atom. The molecule has 1 aliphatic heterocycles. The minimum atomic E-state index is -0.641. The van der Waals surface area contributed by atoms with E-state index in [4.69, 9.17) is 21.1 Å². The molecule has 4 aromatic rings. The lowest BCUT2D eigenvalue weighted by molar-refractivity contribution is -0.130. The molecule has 0 saturated carbocycles. The van der Waals surface area contributed by atoms with Crippen LogP contribution in [0.5, 0.6) is 11.5 Å². The van der Waals surface area contributed by atoms with E-state index in [2.05, 4.69) is 10.5 Å². The molecule has 1 aromatic heterocycles. The number of methoxy groups -OCH3 is 2. The summed E-state index contributed by atoms with van der Waals surface area (Å²) < 4.78 is 11.6. The maximum absolute atomic E-state index is 13.7. The van der Waals surface area contributed by atoms with Crippen LogP contribution in [0.2, 0.25) is 5.02 Å². The van der Waals surface area contributed by atoms with Gasteiger partial charge in [-0.2, -0.15) is 9.78 Å². The first-order chi connectivity index (χ1) is 18.9. The number of aromatic nitrogens is 2. The molecule has 0 bridgehead atoms. The Morgan fingerprint density at radius 3 is 2.18 bits per heavy atom. The van der Waals surface area contributed by atoms with Gasteiger partial charge in [0.1, 0.15) is 16.9 Å². The molecule has 1 aliphatic rings. The number of carbonyl (C=O) groups excluding carboxylic acids is 2. The smallest absolute Gasteiger partial charge is 0.291 e. The summed E-state index contributed by atoms with van der Waals surface area (Å²) >= 11 is 7.41. The molecule has 2 amide bonds. The van der Waals surface area contributed by atoms with Crippen LogP contribution in [-0.2, 0) is 4.79 Å². The zero-order valence-corrected chi connectivity index (χ0v) is 22.5. The fourth-order valence-electron chi connectivity index (χ4n) is 4.10. The monoisotopic (exact) mass is 562 g/mol. The van der Waals surface area contributed by atoms with Gasteiger partial charge in [0.15, 0.2) is 5.69 Å². The molecule has 3 aromatic carbocycles. The third-order valence-electron chi connectivity index (χ3n) is 6.11. The number of nitrogens with one attached hydrogen (secondary N) is 1. The zero-order chi connectivity index (χ0) is 27.5. The summed E-state index contributed by atoms with van der Waals surface area (Å²) in [5, 5.41) is 5.86. The Hall–Kier alpha value is -4.28. The van der Waals surface area contributed by atoms with Crippen molar-refractivity contribution in [3.05, 3.63) is 105 Å². The molecule has 9 nitrogen and oxygen atoms in total. The van der Waals surface area contributed by atoms with Crippen LogP contribution in [0.25, 0.3) is 16.8 Å². The highest BCUT2D eigenvalue weighted by molar-refractivity contribution is 8.00. The molecule has 2 heterocycles. The maximum Gasteiger partial charge on any atom is 0.291 e. The van der Waals surface area contributed by atoms with Gasteiger partial charge < -0.3 is 9.47 Å². The fraction of sp³-hybridized carbons (Fsp3) is 0.143. The Labute approximate surface area is 233 Å². The summed E-state index contributed by atoms with van der Waals surface area (Å²) in [4.78, 5) is 39.7. The van der Waals surface area contributed by atoms with E-state index in [1.165, 1.54) is 22.8 Å². The van der Waals surface area contributed by atoms with Crippen molar-refractivity contribution in [2.45, 2.75) is 5.37 Å². The number of hydrogen-bond acceptors (Lipinski definition) is 7. The highest BCUT2D eigenvalue weighted by Crippen LogP contribution is 2.38. The first kappa shape index (κ1) is 26.3. The second kappa shape index (κ2) is 11.2. The second-order valence-corrected chi connectivity index (χ2v) is 10.0. The number of amides is 2. The van der Waals surface area contributed by atoms with Crippen molar-refractivity contribution in [1.29, 1.82) is 0 Å². The van der Waals surface area contributed by atoms with E-state index >= 15 is 0 Å². The topological polar surface area (TPSA) is 103 Å². The van der Waals surface area contributed by atoms with Gasteiger partial charge in [-0.3, -0.25) is 19.8 Å². The van der Waals surface area contributed by atoms with E-state index in [1.807, 2.05) is 12.1 Å². The first-order valence-electron chi connectivity index (χ1n) is 11.8. The number of nitrogens with zero attached hydrogens (tertiary/aromatic N) is 3. The number of rotatable bonds is 7. The Kier molecular flexibility index (Phi) is 7.58. The molecule has 1 N–H and O–H groups in total. The molecular weight excluding hydrogens is 540 g/mol. The second-order valence-electron chi connectivity index (χ2n) is 8.50. The number of benzene rings is 3. The molecule has 0 radical (unpaired) electrons. The Morgan fingerprint density at radius 1 is 0.949 bits per heavy atom. The van der Waals surface area contributed by atoms with Gasteiger partial charge in [-0.15, -0.1) is 11.8 Å². The van der Waals surface area contributed by atoms with E-state index < -0.39 is 16.8 Å². The van der Waals surface area contributed by atoms with Gasteiger partial charge in [-0.05, 0) is 59.7 Å². The van der Waals surface area contributed by atoms with Crippen molar-refractivity contribution < 1.29 is 19.1 Å². The first-order valence-corrected chi connectivity index (χ1v) is 13.2. The number of hydrogen-bond donors (Lipinski definition) is 1. The lowest BCUT2D eigenvalue weighted by Gasteiger charge is -2.25. The molecule has 198 valence electrons. The summed E-state index contributed by atoms with van der Waals surface area (Å²) in [7, 11) is 3.09. The van der Waals surface area contributed by atoms with Crippen LogP contribution in [0, 0.1) is 0 Å². The molecule has 1 atom stereocenters. The largest absolute Gasteiger partial charge is 0.497 e. The SMILES string of the molecule is COc1ccc(-c2cc(=O)n(-c3ccc(OC)cc3)nc2C(=O)NN2C(=O)CSC2c2ccc(Cl)cc2)cc1. The average Bonchev–Trinajstić information content (AvgIpc) is 3.32. The third-order valence-corrected chi connectivity index (χ3v) is 7.57. The maximum atomic E-state index is 13.7. The van der Waals surface area contributed by atoms with Crippen LogP contribution < -0.4 is 20.5 Å². The van der Waals surface area contributed by atoms with E-state index in [0.717, 1.165) is 10.2 Å². The summed E-state index contributed by atoms with van der Waals surface area (Å²) in [5.74, 6) is 0.519. The lowest BCUT2D eigenvalue weighted by atomic mass is 10.0. The van der Waals surface area contributed by atoms with Gasteiger partial charge >= 0.3 is 0 Å². The molecule has 39 heavy (non-hydrogen) atoms. The van der Waals surface area contributed by atoms with Crippen molar-refractivity contribution in [2.75, 3.05) is 20.0 Å². The Bertz CT molecular complexity index is 1570. The van der Waals surface area contributed by atoms with E-state index in [9.17, 15) is 14.4 Å². The summed E-state index contributed by atoms with van der Waals surface area (Å²) in [6.07, 6.45) is 0. The summed E-state index contributed by atoms with van der Waals surface area (Å²) in [5.41, 5.74) is 4.41. The highest BCUT2D eigenvalue weighted by Gasteiger charge is 2.35. The quantitative estimate of drug-likeness (QED) is 0.354. The molecule has 1 unspecified atom stereocenters. The van der Waals surface area contributed by atoms with Gasteiger partial charge in [0, 0.05) is 16.7 Å². The van der Waals surface area contributed by atoms with Crippen LogP contribution in [-0.4, -0.2) is 46.6 Å². The zero-order valence-electron chi connectivity index (χ0n) is 21.0. The average molecular weight is 563 g/mol. The molecule has 0 spiro atoms. The van der Waals surface area contributed by atoms with Crippen LogP contribution >= 0.6 is 23.4 Å². The minimum absolute atomic E-state index is 0.0323. The van der Waals surface area contributed by atoms with E-state index in [0.29, 0.717) is 33.3 Å². The predicted octanol–water partition coefficient (Wildman–Crippen LogP) is 4.49. The van der Waals surface area contributed by atoms with Gasteiger partial charge in [-0.25, -0.2) is 5.01 Å². The number of hydrazine groups is 1. The van der Waals surface area contributed by atoms with Crippen molar-refractivity contribution in [2.24, 2.45) is 0 Å². The van der Waals surface area contributed by atoms with E-state index in [-0.39, 0.29) is 17.4 Å². The van der Waals surface area contributed by atoms with Crippen LogP contribution in [0.3, 0.4) is 0 Å². The van der Waals surface area contributed by atoms with Gasteiger partial charge in [0.05, 0.1) is 25.7 Å². The predicted molar refractivity (Wildman–Crippen MR) is 149 cm³/mol. The number of ether oxygens (including phenoxy) is 2.